The SMILES string of the molecule is Cc1cccc(CCc2cncn2C)c1C. The molecule has 0 saturated heterocycles. The summed E-state index contributed by atoms with van der Waals surface area (Å²) in [5.41, 5.74) is 5.54. The third-order valence-corrected chi connectivity index (χ3v) is 3.28. The number of aryl methyl sites for hydroxylation is 4. The van der Waals surface area contributed by atoms with Crippen molar-refractivity contribution in [3.8, 4) is 0 Å². The molecule has 1 heterocycles. The monoisotopic (exact) mass is 214 g/mol. The van der Waals surface area contributed by atoms with E-state index in [1.165, 1.54) is 22.4 Å². The zero-order valence-electron chi connectivity index (χ0n) is 10.2. The average molecular weight is 214 g/mol. The third-order valence-electron chi connectivity index (χ3n) is 3.28. The van der Waals surface area contributed by atoms with Crippen molar-refractivity contribution < 1.29 is 0 Å². The van der Waals surface area contributed by atoms with Crippen LogP contribution in [0.3, 0.4) is 0 Å². The van der Waals surface area contributed by atoms with E-state index in [4.69, 9.17) is 0 Å². The highest BCUT2D eigenvalue weighted by molar-refractivity contribution is 5.33. The zero-order chi connectivity index (χ0) is 11.5. The molecule has 2 rings (SSSR count). The Bertz CT molecular complexity index is 483. The van der Waals surface area contributed by atoms with Crippen molar-refractivity contribution in [2.45, 2.75) is 26.7 Å². The van der Waals surface area contributed by atoms with Crippen LogP contribution in [-0.4, -0.2) is 9.55 Å². The number of hydrogen-bond acceptors (Lipinski definition) is 1. The summed E-state index contributed by atoms with van der Waals surface area (Å²) in [5.74, 6) is 0. The maximum absolute atomic E-state index is 4.14. The van der Waals surface area contributed by atoms with Gasteiger partial charge in [-0.15, -0.1) is 0 Å². The van der Waals surface area contributed by atoms with Crippen molar-refractivity contribution in [1.29, 1.82) is 0 Å². The number of nitrogens with zero attached hydrogens (tertiary/aromatic N) is 2. The molecule has 0 aliphatic carbocycles. The standard InChI is InChI=1S/C14H18N2/c1-11-5-4-6-13(12(11)2)7-8-14-9-15-10-16(14)3/h4-6,9-10H,7-8H2,1-3H3. The van der Waals surface area contributed by atoms with E-state index in [1.807, 2.05) is 19.6 Å². The van der Waals surface area contributed by atoms with Gasteiger partial charge < -0.3 is 4.57 Å². The van der Waals surface area contributed by atoms with Crippen LogP contribution in [0.5, 0.6) is 0 Å². The van der Waals surface area contributed by atoms with Gasteiger partial charge in [-0.1, -0.05) is 18.2 Å². The summed E-state index contributed by atoms with van der Waals surface area (Å²) in [4.78, 5) is 4.14. The lowest BCUT2D eigenvalue weighted by molar-refractivity contribution is 0.796. The zero-order valence-corrected chi connectivity index (χ0v) is 10.2. The molecule has 84 valence electrons. The Morgan fingerprint density at radius 3 is 2.69 bits per heavy atom. The minimum Gasteiger partial charge on any atom is -0.338 e. The third kappa shape index (κ3) is 2.16. The van der Waals surface area contributed by atoms with Crippen molar-refractivity contribution >= 4 is 0 Å². The van der Waals surface area contributed by atoms with E-state index in [1.54, 1.807) is 0 Å². The fourth-order valence-electron chi connectivity index (χ4n) is 1.97. The van der Waals surface area contributed by atoms with Crippen LogP contribution in [0.4, 0.5) is 0 Å². The van der Waals surface area contributed by atoms with Gasteiger partial charge in [0.15, 0.2) is 0 Å². The molecule has 16 heavy (non-hydrogen) atoms. The Morgan fingerprint density at radius 1 is 1.19 bits per heavy atom. The first kappa shape index (κ1) is 10.9. The number of imidazole rings is 1. The van der Waals surface area contributed by atoms with Crippen LogP contribution in [0.15, 0.2) is 30.7 Å². The molecule has 1 aromatic carbocycles. The summed E-state index contributed by atoms with van der Waals surface area (Å²) >= 11 is 0. The molecular weight excluding hydrogens is 196 g/mol. The van der Waals surface area contributed by atoms with Gasteiger partial charge in [-0.25, -0.2) is 4.98 Å². The highest BCUT2D eigenvalue weighted by Crippen LogP contribution is 2.15. The van der Waals surface area contributed by atoms with Gasteiger partial charge in [-0.2, -0.15) is 0 Å². The Morgan fingerprint density at radius 2 is 2.00 bits per heavy atom. The molecule has 1 aromatic heterocycles. The minimum atomic E-state index is 1.06. The molecule has 0 fully saturated rings. The van der Waals surface area contributed by atoms with E-state index in [0.717, 1.165) is 12.8 Å². The van der Waals surface area contributed by atoms with Crippen LogP contribution >= 0.6 is 0 Å². The molecule has 0 saturated carbocycles. The molecule has 0 aliphatic rings. The Labute approximate surface area is 97.0 Å². The van der Waals surface area contributed by atoms with Crippen LogP contribution in [0.2, 0.25) is 0 Å². The van der Waals surface area contributed by atoms with Gasteiger partial charge in [0.25, 0.3) is 0 Å². The predicted molar refractivity (Wildman–Crippen MR) is 66.5 cm³/mol. The molecule has 0 atom stereocenters. The average Bonchev–Trinajstić information content (AvgIpc) is 2.67. The van der Waals surface area contributed by atoms with Gasteiger partial charge in [0.2, 0.25) is 0 Å². The molecule has 0 radical (unpaired) electrons. The van der Waals surface area contributed by atoms with Gasteiger partial charge in [-0.3, -0.25) is 0 Å². The Hall–Kier alpha value is -1.57. The first-order valence-corrected chi connectivity index (χ1v) is 5.69. The van der Waals surface area contributed by atoms with E-state index in [-0.39, 0.29) is 0 Å². The van der Waals surface area contributed by atoms with Gasteiger partial charge in [0, 0.05) is 18.9 Å². The topological polar surface area (TPSA) is 17.8 Å². The minimum absolute atomic E-state index is 1.06. The lowest BCUT2D eigenvalue weighted by Crippen LogP contribution is -2.00. The first-order chi connectivity index (χ1) is 7.68. The van der Waals surface area contributed by atoms with E-state index in [9.17, 15) is 0 Å². The van der Waals surface area contributed by atoms with E-state index >= 15 is 0 Å². The number of aromatic nitrogens is 2. The van der Waals surface area contributed by atoms with Crippen molar-refractivity contribution in [3.63, 3.8) is 0 Å². The first-order valence-electron chi connectivity index (χ1n) is 5.69. The number of rotatable bonds is 3. The van der Waals surface area contributed by atoms with Gasteiger partial charge in [0.1, 0.15) is 0 Å². The number of hydrogen-bond donors (Lipinski definition) is 0. The molecule has 0 spiro atoms. The molecule has 0 bridgehead atoms. The van der Waals surface area contributed by atoms with E-state index in [0.29, 0.717) is 0 Å². The summed E-state index contributed by atoms with van der Waals surface area (Å²) in [5, 5.41) is 0. The molecule has 0 unspecified atom stereocenters. The molecule has 2 nitrogen and oxygen atoms in total. The fraction of sp³-hybridized carbons (Fsp3) is 0.357. The smallest absolute Gasteiger partial charge is 0.0945 e. The molecule has 0 N–H and O–H groups in total. The fourth-order valence-corrected chi connectivity index (χ4v) is 1.97. The maximum Gasteiger partial charge on any atom is 0.0945 e. The van der Waals surface area contributed by atoms with Gasteiger partial charge in [-0.05, 0) is 43.4 Å². The summed E-state index contributed by atoms with van der Waals surface area (Å²) < 4.78 is 2.09. The van der Waals surface area contributed by atoms with Crippen molar-refractivity contribution in [2.75, 3.05) is 0 Å². The van der Waals surface area contributed by atoms with Crippen molar-refractivity contribution in [1.82, 2.24) is 9.55 Å². The van der Waals surface area contributed by atoms with Crippen molar-refractivity contribution in [3.05, 3.63) is 53.1 Å². The van der Waals surface area contributed by atoms with Crippen LogP contribution in [0.25, 0.3) is 0 Å². The quantitative estimate of drug-likeness (QED) is 0.768. The van der Waals surface area contributed by atoms with Crippen LogP contribution in [-0.2, 0) is 19.9 Å². The van der Waals surface area contributed by atoms with Crippen LogP contribution < -0.4 is 0 Å². The molecule has 2 aromatic rings. The maximum atomic E-state index is 4.14. The molecule has 0 amide bonds. The molecule has 0 aliphatic heterocycles. The number of benzene rings is 1. The normalized spacial score (nSPS) is 10.7. The molecule has 2 heteroatoms. The lowest BCUT2D eigenvalue weighted by Gasteiger charge is -2.08. The summed E-state index contributed by atoms with van der Waals surface area (Å²) in [6.45, 7) is 4.37. The molecular formula is C14H18N2. The van der Waals surface area contributed by atoms with Crippen LogP contribution in [0.1, 0.15) is 22.4 Å². The van der Waals surface area contributed by atoms with Gasteiger partial charge >= 0.3 is 0 Å². The van der Waals surface area contributed by atoms with Crippen LogP contribution in [0, 0.1) is 13.8 Å². The highest BCUT2D eigenvalue weighted by Gasteiger charge is 2.03. The Kier molecular flexibility index (Phi) is 3.09. The Balaban J connectivity index is 2.11. The largest absolute Gasteiger partial charge is 0.338 e. The second-order valence-corrected chi connectivity index (χ2v) is 4.35. The second-order valence-electron chi connectivity index (χ2n) is 4.35. The van der Waals surface area contributed by atoms with E-state index < -0.39 is 0 Å². The highest BCUT2D eigenvalue weighted by atomic mass is 15.0. The summed E-state index contributed by atoms with van der Waals surface area (Å²) in [6, 6.07) is 6.53. The summed E-state index contributed by atoms with van der Waals surface area (Å²) in [6.07, 6.45) is 5.96. The second kappa shape index (κ2) is 4.52. The van der Waals surface area contributed by atoms with Gasteiger partial charge in [0.05, 0.1) is 6.33 Å². The van der Waals surface area contributed by atoms with E-state index in [2.05, 4.69) is 41.6 Å². The lowest BCUT2D eigenvalue weighted by atomic mass is 9.99. The summed E-state index contributed by atoms with van der Waals surface area (Å²) in [7, 11) is 2.05. The van der Waals surface area contributed by atoms with Crippen molar-refractivity contribution in [2.24, 2.45) is 7.05 Å². The predicted octanol–water partition coefficient (Wildman–Crippen LogP) is 2.82.